The van der Waals surface area contributed by atoms with Crippen molar-refractivity contribution >= 4 is 34.2 Å². The second-order valence-corrected chi connectivity index (χ2v) is 5.50. The maximum atomic E-state index is 12.3. The van der Waals surface area contributed by atoms with Gasteiger partial charge in [0.15, 0.2) is 0 Å². The summed E-state index contributed by atoms with van der Waals surface area (Å²) in [6.45, 7) is 1.84. The van der Waals surface area contributed by atoms with E-state index in [0.29, 0.717) is 21.5 Å². The minimum Gasteiger partial charge on any atom is -0.495 e. The van der Waals surface area contributed by atoms with Gasteiger partial charge in [-0.15, -0.1) is 12.4 Å². The number of halogens is 2. The highest BCUT2D eigenvalue weighted by atomic mass is 79.9. The number of ether oxygens (including phenoxy) is 2. The molecule has 1 aromatic rings. The molecule has 1 amide bonds. The molecule has 0 bridgehead atoms. The number of methoxy groups -OCH3 is 2. The van der Waals surface area contributed by atoms with E-state index in [4.69, 9.17) is 9.47 Å². The van der Waals surface area contributed by atoms with Crippen LogP contribution in [0, 0.1) is 0 Å². The van der Waals surface area contributed by atoms with Gasteiger partial charge < -0.3 is 20.1 Å². The molecule has 0 saturated carbocycles. The van der Waals surface area contributed by atoms with Gasteiger partial charge in [0.25, 0.3) is 5.91 Å². The summed E-state index contributed by atoms with van der Waals surface area (Å²) in [4.78, 5) is 12.3. The van der Waals surface area contributed by atoms with E-state index in [2.05, 4.69) is 26.6 Å². The zero-order valence-electron chi connectivity index (χ0n) is 12.1. The smallest absolute Gasteiger partial charge is 0.251 e. The molecule has 2 rings (SSSR count). The van der Waals surface area contributed by atoms with Gasteiger partial charge in [-0.1, -0.05) is 0 Å². The average molecular weight is 380 g/mol. The van der Waals surface area contributed by atoms with Crippen molar-refractivity contribution < 1.29 is 14.3 Å². The Morgan fingerprint density at radius 2 is 1.95 bits per heavy atom. The molecule has 1 heterocycles. The van der Waals surface area contributed by atoms with Crippen LogP contribution in [0.1, 0.15) is 23.2 Å². The third kappa shape index (κ3) is 4.49. The van der Waals surface area contributed by atoms with Crippen molar-refractivity contribution in [2.75, 3.05) is 27.3 Å². The molecule has 0 aromatic heterocycles. The molecule has 118 valence electrons. The lowest BCUT2D eigenvalue weighted by Gasteiger charge is -2.24. The van der Waals surface area contributed by atoms with Crippen LogP contribution in [0.25, 0.3) is 0 Å². The molecular weight excluding hydrogens is 360 g/mol. The maximum absolute atomic E-state index is 12.3. The van der Waals surface area contributed by atoms with Crippen molar-refractivity contribution in [2.45, 2.75) is 18.9 Å². The standard InChI is InChI=1S/C14H19BrN2O3.ClH/c1-19-11-6-9(7-12(20-2)13(11)15)14(18)17-10-4-3-5-16-8-10;/h6-7,10,16H,3-5,8H2,1-2H3,(H,17,18);1H. The Hall–Kier alpha value is -0.980. The van der Waals surface area contributed by atoms with Gasteiger partial charge in [-0.25, -0.2) is 0 Å². The number of hydrogen-bond acceptors (Lipinski definition) is 4. The first kappa shape index (κ1) is 18.1. The molecule has 1 atom stereocenters. The number of nitrogens with one attached hydrogen (secondary N) is 2. The molecule has 5 nitrogen and oxygen atoms in total. The van der Waals surface area contributed by atoms with Crippen LogP contribution in [0.5, 0.6) is 11.5 Å². The van der Waals surface area contributed by atoms with Gasteiger partial charge in [-0.3, -0.25) is 4.79 Å². The first-order chi connectivity index (χ1) is 9.65. The molecule has 21 heavy (non-hydrogen) atoms. The van der Waals surface area contributed by atoms with Crippen LogP contribution in [0.3, 0.4) is 0 Å². The number of rotatable bonds is 4. The van der Waals surface area contributed by atoms with E-state index < -0.39 is 0 Å². The van der Waals surface area contributed by atoms with Crippen LogP contribution in [-0.4, -0.2) is 39.3 Å². The van der Waals surface area contributed by atoms with Gasteiger partial charge in [-0.2, -0.15) is 0 Å². The molecule has 1 aliphatic heterocycles. The van der Waals surface area contributed by atoms with Crippen molar-refractivity contribution in [3.63, 3.8) is 0 Å². The summed E-state index contributed by atoms with van der Waals surface area (Å²) in [5.74, 6) is 1.05. The Balaban J connectivity index is 0.00000220. The zero-order chi connectivity index (χ0) is 14.5. The van der Waals surface area contributed by atoms with E-state index >= 15 is 0 Å². The van der Waals surface area contributed by atoms with Crippen molar-refractivity contribution in [1.29, 1.82) is 0 Å². The molecule has 0 radical (unpaired) electrons. The number of carbonyl (C=O) groups excluding carboxylic acids is 1. The summed E-state index contributed by atoms with van der Waals surface area (Å²) in [7, 11) is 3.12. The Morgan fingerprint density at radius 3 is 2.43 bits per heavy atom. The van der Waals surface area contributed by atoms with Crippen LogP contribution in [0.15, 0.2) is 16.6 Å². The van der Waals surface area contributed by atoms with Crippen LogP contribution < -0.4 is 20.1 Å². The minimum atomic E-state index is -0.109. The van der Waals surface area contributed by atoms with Gasteiger partial charge in [0.1, 0.15) is 16.0 Å². The predicted molar refractivity (Wildman–Crippen MR) is 87.9 cm³/mol. The van der Waals surface area contributed by atoms with E-state index in [1.165, 1.54) is 0 Å². The number of carbonyl (C=O) groups is 1. The summed E-state index contributed by atoms with van der Waals surface area (Å²) in [6, 6.07) is 3.59. The van der Waals surface area contributed by atoms with Crippen LogP contribution in [0.4, 0.5) is 0 Å². The van der Waals surface area contributed by atoms with Gasteiger partial charge in [0.2, 0.25) is 0 Å². The Bertz CT molecular complexity index is 468. The van der Waals surface area contributed by atoms with E-state index in [0.717, 1.165) is 25.9 Å². The van der Waals surface area contributed by atoms with Crippen molar-refractivity contribution in [2.24, 2.45) is 0 Å². The quantitative estimate of drug-likeness (QED) is 0.843. The minimum absolute atomic E-state index is 0. The van der Waals surface area contributed by atoms with Crippen LogP contribution >= 0.6 is 28.3 Å². The molecule has 1 aliphatic rings. The largest absolute Gasteiger partial charge is 0.495 e. The highest BCUT2D eigenvalue weighted by molar-refractivity contribution is 9.10. The van der Waals surface area contributed by atoms with Crippen LogP contribution in [0.2, 0.25) is 0 Å². The van der Waals surface area contributed by atoms with E-state index in [-0.39, 0.29) is 24.4 Å². The van der Waals surface area contributed by atoms with Gasteiger partial charge in [0.05, 0.1) is 14.2 Å². The second-order valence-electron chi connectivity index (χ2n) is 4.71. The Labute approximate surface area is 139 Å². The SMILES string of the molecule is COc1cc(C(=O)NC2CCCNC2)cc(OC)c1Br.Cl. The van der Waals surface area contributed by atoms with E-state index in [1.54, 1.807) is 26.4 Å². The first-order valence-electron chi connectivity index (χ1n) is 6.58. The van der Waals surface area contributed by atoms with Gasteiger partial charge in [-0.05, 0) is 47.4 Å². The zero-order valence-corrected chi connectivity index (χ0v) is 14.5. The van der Waals surface area contributed by atoms with Gasteiger partial charge in [0, 0.05) is 18.2 Å². The Morgan fingerprint density at radius 1 is 1.33 bits per heavy atom. The van der Waals surface area contributed by atoms with E-state index in [9.17, 15) is 4.79 Å². The fourth-order valence-electron chi connectivity index (χ4n) is 2.24. The second kappa shape index (κ2) is 8.46. The third-order valence-electron chi connectivity index (χ3n) is 3.34. The predicted octanol–water partition coefficient (Wildman–Crippen LogP) is 2.37. The normalized spacial score (nSPS) is 17.6. The van der Waals surface area contributed by atoms with Crippen molar-refractivity contribution in [3.8, 4) is 11.5 Å². The average Bonchev–Trinajstić information content (AvgIpc) is 2.48. The van der Waals surface area contributed by atoms with Crippen molar-refractivity contribution in [1.82, 2.24) is 10.6 Å². The molecular formula is C14H20BrClN2O3. The first-order valence-corrected chi connectivity index (χ1v) is 7.38. The number of hydrogen-bond donors (Lipinski definition) is 2. The topological polar surface area (TPSA) is 59.6 Å². The lowest BCUT2D eigenvalue weighted by Crippen LogP contribution is -2.45. The molecule has 1 unspecified atom stereocenters. The number of benzene rings is 1. The molecule has 0 aliphatic carbocycles. The number of piperidine rings is 1. The summed E-state index contributed by atoms with van der Waals surface area (Å²) in [5, 5.41) is 6.30. The molecule has 1 saturated heterocycles. The third-order valence-corrected chi connectivity index (χ3v) is 4.12. The summed E-state index contributed by atoms with van der Waals surface area (Å²) < 4.78 is 11.2. The van der Waals surface area contributed by atoms with Crippen LogP contribution in [-0.2, 0) is 0 Å². The molecule has 1 aromatic carbocycles. The van der Waals surface area contributed by atoms with Gasteiger partial charge >= 0.3 is 0 Å². The molecule has 0 spiro atoms. The highest BCUT2D eigenvalue weighted by Crippen LogP contribution is 2.35. The fourth-order valence-corrected chi connectivity index (χ4v) is 2.80. The van der Waals surface area contributed by atoms with Crippen molar-refractivity contribution in [3.05, 3.63) is 22.2 Å². The van der Waals surface area contributed by atoms with E-state index in [1.807, 2.05) is 0 Å². The molecule has 1 fully saturated rings. The summed E-state index contributed by atoms with van der Waals surface area (Å²) in [6.07, 6.45) is 2.08. The summed E-state index contributed by atoms with van der Waals surface area (Å²) >= 11 is 3.39. The maximum Gasteiger partial charge on any atom is 0.251 e. The fraction of sp³-hybridized carbons (Fsp3) is 0.500. The lowest BCUT2D eigenvalue weighted by atomic mass is 10.1. The number of amides is 1. The molecule has 7 heteroatoms. The molecule has 2 N–H and O–H groups in total. The monoisotopic (exact) mass is 378 g/mol. The lowest BCUT2D eigenvalue weighted by molar-refractivity contribution is 0.0930. The highest BCUT2D eigenvalue weighted by Gasteiger charge is 2.19. The Kier molecular flexibility index (Phi) is 7.28. The summed E-state index contributed by atoms with van der Waals surface area (Å²) in [5.41, 5.74) is 0.535.